The molecule has 1 N–H and O–H groups in total. The summed E-state index contributed by atoms with van der Waals surface area (Å²) < 4.78 is 17.5. The second-order valence-corrected chi connectivity index (χ2v) is 6.41. The van der Waals surface area contributed by atoms with Crippen molar-refractivity contribution >= 4 is 10.8 Å². The summed E-state index contributed by atoms with van der Waals surface area (Å²) in [5.41, 5.74) is 0. The Morgan fingerprint density at radius 3 is 2.88 bits per heavy atom. The first-order valence-corrected chi connectivity index (χ1v) is 7.75. The van der Waals surface area contributed by atoms with Crippen molar-refractivity contribution in [3.05, 3.63) is 0 Å². The highest BCUT2D eigenvalue weighted by Crippen LogP contribution is 2.19. The minimum Gasteiger partial charge on any atom is -0.377 e. The maximum atomic E-state index is 12.0. The fourth-order valence-corrected chi connectivity index (χ4v) is 3.75. The van der Waals surface area contributed by atoms with Gasteiger partial charge in [0.1, 0.15) is 0 Å². The van der Waals surface area contributed by atoms with Crippen molar-refractivity contribution in [2.45, 2.75) is 57.4 Å². The number of ether oxygens (including phenoxy) is 1. The Labute approximate surface area is 102 Å². The van der Waals surface area contributed by atoms with Crippen molar-refractivity contribution in [3.8, 4) is 0 Å². The van der Waals surface area contributed by atoms with Crippen LogP contribution in [0.4, 0.5) is 0 Å². The molecule has 1 heterocycles. The highest BCUT2D eigenvalue weighted by atomic mass is 32.2. The fraction of sp³-hybridized carbons (Fsp3) is 1.00. The van der Waals surface area contributed by atoms with Gasteiger partial charge in [0.25, 0.3) is 0 Å². The van der Waals surface area contributed by atoms with Gasteiger partial charge in [-0.25, -0.2) is 0 Å². The van der Waals surface area contributed by atoms with Gasteiger partial charge in [-0.05, 0) is 39.7 Å². The van der Waals surface area contributed by atoms with E-state index in [0.717, 1.165) is 38.2 Å². The first-order valence-electron chi connectivity index (χ1n) is 6.37. The molecule has 16 heavy (non-hydrogen) atoms. The van der Waals surface area contributed by atoms with Crippen LogP contribution in [0, 0.1) is 0 Å². The van der Waals surface area contributed by atoms with Gasteiger partial charge in [0.2, 0.25) is 0 Å². The molecule has 0 aromatic carbocycles. The summed E-state index contributed by atoms with van der Waals surface area (Å²) in [4.78, 5) is 0. The minimum absolute atomic E-state index is 0.180. The molecule has 1 rings (SSSR count). The predicted molar refractivity (Wildman–Crippen MR) is 69.2 cm³/mol. The van der Waals surface area contributed by atoms with Crippen LogP contribution in [0.5, 0.6) is 0 Å². The van der Waals surface area contributed by atoms with Gasteiger partial charge in [0.15, 0.2) is 0 Å². The molecule has 96 valence electrons. The summed E-state index contributed by atoms with van der Waals surface area (Å²) in [5, 5.41) is 3.69. The molecule has 0 amide bonds. The van der Waals surface area contributed by atoms with Crippen LogP contribution in [0.2, 0.25) is 0 Å². The van der Waals surface area contributed by atoms with Crippen LogP contribution in [0.15, 0.2) is 0 Å². The van der Waals surface area contributed by atoms with E-state index in [4.69, 9.17) is 4.74 Å². The van der Waals surface area contributed by atoms with E-state index in [1.165, 1.54) is 0 Å². The molecule has 1 fully saturated rings. The summed E-state index contributed by atoms with van der Waals surface area (Å²) in [6, 6.07) is 0.474. The lowest BCUT2D eigenvalue weighted by molar-refractivity contribution is 0.127. The lowest BCUT2D eigenvalue weighted by atomic mass is 10.2. The average Bonchev–Trinajstić information content (AvgIpc) is 2.69. The smallest absolute Gasteiger partial charge is 0.0691 e. The molecule has 4 atom stereocenters. The van der Waals surface area contributed by atoms with E-state index < -0.39 is 10.8 Å². The van der Waals surface area contributed by atoms with Crippen LogP contribution >= 0.6 is 0 Å². The largest absolute Gasteiger partial charge is 0.377 e. The standard InChI is InChI=1S/C12H25NO2S/c1-4-7-13-10(2)6-9-16(14)12-5-8-15-11(12)3/h10-13H,4-9H2,1-3H3. The van der Waals surface area contributed by atoms with E-state index in [0.29, 0.717) is 6.04 Å². The quantitative estimate of drug-likeness (QED) is 0.744. The van der Waals surface area contributed by atoms with Crippen LogP contribution in [-0.2, 0) is 15.5 Å². The van der Waals surface area contributed by atoms with E-state index in [1.807, 2.05) is 6.92 Å². The van der Waals surface area contributed by atoms with Crippen LogP contribution in [0.25, 0.3) is 0 Å². The second-order valence-electron chi connectivity index (χ2n) is 4.63. The molecule has 0 bridgehead atoms. The average molecular weight is 247 g/mol. The first-order chi connectivity index (χ1) is 7.65. The Balaban J connectivity index is 2.19. The SMILES string of the molecule is CCCNC(C)CCS(=O)C1CCOC1C. The molecule has 3 nitrogen and oxygen atoms in total. The number of nitrogens with one attached hydrogen (secondary N) is 1. The van der Waals surface area contributed by atoms with E-state index in [2.05, 4.69) is 19.2 Å². The number of rotatable bonds is 7. The molecule has 1 saturated heterocycles. The van der Waals surface area contributed by atoms with Crippen molar-refractivity contribution in [1.82, 2.24) is 5.32 Å². The summed E-state index contributed by atoms with van der Waals surface area (Å²) in [6.45, 7) is 8.20. The molecule has 0 aromatic rings. The lowest BCUT2D eigenvalue weighted by Gasteiger charge is -2.16. The van der Waals surface area contributed by atoms with E-state index in [9.17, 15) is 4.21 Å². The maximum absolute atomic E-state index is 12.0. The Kier molecular flexibility index (Phi) is 6.54. The van der Waals surface area contributed by atoms with Gasteiger partial charge in [-0.3, -0.25) is 4.21 Å². The van der Waals surface area contributed by atoms with Gasteiger partial charge in [0, 0.05) is 29.2 Å². The fourth-order valence-electron chi connectivity index (χ4n) is 1.99. The van der Waals surface area contributed by atoms with Gasteiger partial charge in [0.05, 0.1) is 11.4 Å². The van der Waals surface area contributed by atoms with Crippen molar-refractivity contribution < 1.29 is 8.95 Å². The molecule has 0 aliphatic carbocycles. The Morgan fingerprint density at radius 2 is 2.31 bits per heavy atom. The van der Waals surface area contributed by atoms with Crippen LogP contribution in [0.3, 0.4) is 0 Å². The predicted octanol–water partition coefficient (Wildman–Crippen LogP) is 1.69. The van der Waals surface area contributed by atoms with Crippen LogP contribution < -0.4 is 5.32 Å². The number of hydrogen-bond acceptors (Lipinski definition) is 3. The highest BCUT2D eigenvalue weighted by molar-refractivity contribution is 7.85. The molecule has 1 aliphatic heterocycles. The Morgan fingerprint density at radius 1 is 1.56 bits per heavy atom. The zero-order valence-corrected chi connectivity index (χ0v) is 11.5. The normalized spacial score (nSPS) is 29.2. The van der Waals surface area contributed by atoms with Gasteiger partial charge in [-0.15, -0.1) is 0 Å². The second kappa shape index (κ2) is 7.41. The van der Waals surface area contributed by atoms with E-state index in [-0.39, 0.29) is 11.4 Å². The molecular weight excluding hydrogens is 222 g/mol. The molecule has 0 radical (unpaired) electrons. The molecule has 0 aromatic heterocycles. The van der Waals surface area contributed by atoms with Crippen molar-refractivity contribution in [2.75, 3.05) is 18.9 Å². The van der Waals surface area contributed by atoms with Gasteiger partial charge >= 0.3 is 0 Å². The van der Waals surface area contributed by atoms with Crippen molar-refractivity contribution in [3.63, 3.8) is 0 Å². The minimum atomic E-state index is -0.717. The topological polar surface area (TPSA) is 38.3 Å². The summed E-state index contributed by atoms with van der Waals surface area (Å²) in [5.74, 6) is 0.802. The Hall–Kier alpha value is 0.0700. The zero-order chi connectivity index (χ0) is 12.0. The molecule has 4 heteroatoms. The van der Waals surface area contributed by atoms with Gasteiger partial charge in [-0.2, -0.15) is 0 Å². The maximum Gasteiger partial charge on any atom is 0.0691 e. The molecule has 4 unspecified atom stereocenters. The zero-order valence-electron chi connectivity index (χ0n) is 10.7. The van der Waals surface area contributed by atoms with Crippen LogP contribution in [0.1, 0.15) is 40.0 Å². The molecular formula is C12H25NO2S. The third-order valence-electron chi connectivity index (χ3n) is 3.14. The van der Waals surface area contributed by atoms with Gasteiger partial charge < -0.3 is 10.1 Å². The summed E-state index contributed by atoms with van der Waals surface area (Å²) in [7, 11) is -0.717. The van der Waals surface area contributed by atoms with Crippen LogP contribution in [-0.4, -0.2) is 40.5 Å². The molecule has 1 aliphatic rings. The third-order valence-corrected chi connectivity index (χ3v) is 5.07. The van der Waals surface area contributed by atoms with Crippen molar-refractivity contribution in [2.24, 2.45) is 0 Å². The first kappa shape index (κ1) is 14.1. The summed E-state index contributed by atoms with van der Waals surface area (Å²) >= 11 is 0. The lowest BCUT2D eigenvalue weighted by Crippen LogP contribution is -2.31. The molecule has 0 saturated carbocycles. The highest BCUT2D eigenvalue weighted by Gasteiger charge is 2.29. The number of hydrogen-bond donors (Lipinski definition) is 1. The molecule has 0 spiro atoms. The Bertz CT molecular complexity index is 223. The summed E-state index contributed by atoms with van der Waals surface area (Å²) in [6.07, 6.45) is 3.29. The van der Waals surface area contributed by atoms with E-state index in [1.54, 1.807) is 0 Å². The van der Waals surface area contributed by atoms with E-state index >= 15 is 0 Å². The van der Waals surface area contributed by atoms with Gasteiger partial charge in [-0.1, -0.05) is 6.92 Å². The third kappa shape index (κ3) is 4.52. The van der Waals surface area contributed by atoms with Crippen molar-refractivity contribution in [1.29, 1.82) is 0 Å². The monoisotopic (exact) mass is 247 g/mol.